The molecule has 3 rings (SSSR count). The van der Waals surface area contributed by atoms with Gasteiger partial charge in [0.25, 0.3) is 0 Å². The molecule has 2 bridgehead atoms. The normalized spacial score (nSPS) is 30.8. The van der Waals surface area contributed by atoms with Crippen LogP contribution in [0.1, 0.15) is 51.0 Å². The van der Waals surface area contributed by atoms with Crippen LogP contribution in [0.3, 0.4) is 0 Å². The van der Waals surface area contributed by atoms with Crippen LogP contribution < -0.4 is 0 Å². The molecule has 3 nitrogen and oxygen atoms in total. The Morgan fingerprint density at radius 2 is 1.79 bits per heavy atom. The SMILES string of the molecule is CC(C)[PH]1(C)C2CC[C@@H]1C[C@@H](OC(=O)C(CO)c1ccccc1)C2. The van der Waals surface area contributed by atoms with Crippen molar-refractivity contribution < 1.29 is 14.6 Å². The van der Waals surface area contributed by atoms with E-state index >= 15 is 0 Å². The standard InChI is InChI=1S/C20H31O3P/c1-14(2)24(3)17-9-10-18(24)12-16(11-17)23-20(22)19(13-21)15-7-5-4-6-8-15/h4-8,14,16-19,21,24H,9-13H2,1-3H3/t16-,17-,18?,19?/m1/s1. The van der Waals surface area contributed by atoms with Crippen LogP contribution in [0, 0.1) is 0 Å². The van der Waals surface area contributed by atoms with E-state index in [1.54, 1.807) is 0 Å². The molecule has 0 aliphatic carbocycles. The minimum absolute atomic E-state index is 0.0482. The molecule has 1 aromatic carbocycles. The Hall–Kier alpha value is -0.920. The summed E-state index contributed by atoms with van der Waals surface area (Å²) in [6.07, 6.45) is 4.77. The van der Waals surface area contributed by atoms with Crippen molar-refractivity contribution in [1.82, 2.24) is 0 Å². The molecular formula is C20H31O3P. The molecular weight excluding hydrogens is 319 g/mol. The Labute approximate surface area is 146 Å². The zero-order valence-corrected chi connectivity index (χ0v) is 16.1. The Morgan fingerprint density at radius 3 is 2.29 bits per heavy atom. The van der Waals surface area contributed by atoms with Gasteiger partial charge in [0.15, 0.2) is 0 Å². The Balaban J connectivity index is 1.66. The number of benzene rings is 1. The van der Waals surface area contributed by atoms with Crippen LogP contribution in [0.15, 0.2) is 30.3 Å². The van der Waals surface area contributed by atoms with Crippen LogP contribution in [0.2, 0.25) is 0 Å². The number of carbonyl (C=O) groups is 1. The van der Waals surface area contributed by atoms with Crippen molar-refractivity contribution in [2.45, 2.75) is 68.5 Å². The average Bonchev–Trinajstić information content (AvgIpc) is 2.74. The van der Waals surface area contributed by atoms with Crippen LogP contribution in [0.5, 0.6) is 0 Å². The van der Waals surface area contributed by atoms with Crippen molar-refractivity contribution in [1.29, 1.82) is 0 Å². The third-order valence-corrected chi connectivity index (χ3v) is 14.0. The fourth-order valence-corrected chi connectivity index (χ4v) is 10.8. The number of aliphatic hydroxyl groups excluding tert-OH is 1. The molecule has 2 aliphatic rings. The number of hydrogen-bond acceptors (Lipinski definition) is 3. The monoisotopic (exact) mass is 350 g/mol. The van der Waals surface area contributed by atoms with E-state index in [1.807, 2.05) is 30.3 Å². The zero-order valence-electron chi connectivity index (χ0n) is 15.1. The Kier molecular flexibility index (Phi) is 5.32. The van der Waals surface area contributed by atoms with Gasteiger partial charge in [-0.2, -0.15) is 0 Å². The Morgan fingerprint density at radius 1 is 1.21 bits per heavy atom. The van der Waals surface area contributed by atoms with E-state index in [2.05, 4.69) is 20.5 Å². The second kappa shape index (κ2) is 7.14. The predicted octanol–water partition coefficient (Wildman–Crippen LogP) is 3.79. The van der Waals surface area contributed by atoms with Crippen molar-refractivity contribution >= 4 is 13.2 Å². The summed E-state index contributed by atoms with van der Waals surface area (Å²) in [7, 11) is -1.24. The molecule has 2 unspecified atom stereocenters. The molecule has 1 N–H and O–H groups in total. The minimum atomic E-state index is -1.24. The van der Waals surface area contributed by atoms with E-state index in [4.69, 9.17) is 4.74 Å². The van der Waals surface area contributed by atoms with Crippen LogP contribution in [-0.4, -0.2) is 47.4 Å². The van der Waals surface area contributed by atoms with Crippen LogP contribution in [0.4, 0.5) is 0 Å². The van der Waals surface area contributed by atoms with E-state index in [-0.39, 0.29) is 18.7 Å². The number of rotatable bonds is 5. The molecule has 0 amide bonds. The van der Waals surface area contributed by atoms with Gasteiger partial charge in [-0.1, -0.05) is 0 Å². The third-order valence-electron chi connectivity index (χ3n) is 6.91. The maximum atomic E-state index is 12.6. The first-order valence-corrected chi connectivity index (χ1v) is 12.1. The van der Waals surface area contributed by atoms with Crippen molar-refractivity contribution in [2.24, 2.45) is 0 Å². The molecule has 0 aromatic heterocycles. The molecule has 1 aromatic rings. The summed E-state index contributed by atoms with van der Waals surface area (Å²) in [6.45, 7) is 7.15. The van der Waals surface area contributed by atoms with Crippen molar-refractivity contribution in [3.63, 3.8) is 0 Å². The van der Waals surface area contributed by atoms with Gasteiger partial charge in [0, 0.05) is 0 Å². The molecule has 2 heterocycles. The summed E-state index contributed by atoms with van der Waals surface area (Å²) in [4.78, 5) is 12.6. The molecule has 2 aliphatic heterocycles. The number of hydrogen-bond donors (Lipinski definition) is 1. The van der Waals surface area contributed by atoms with E-state index in [0.717, 1.165) is 35.4 Å². The summed E-state index contributed by atoms with van der Waals surface area (Å²) < 4.78 is 5.88. The topological polar surface area (TPSA) is 46.5 Å². The van der Waals surface area contributed by atoms with Gasteiger partial charge in [-0.25, -0.2) is 0 Å². The first kappa shape index (κ1) is 17.9. The van der Waals surface area contributed by atoms with Crippen molar-refractivity contribution in [2.75, 3.05) is 13.3 Å². The molecule has 2 saturated heterocycles. The summed E-state index contributed by atoms with van der Waals surface area (Å²) in [5.41, 5.74) is 3.23. The van der Waals surface area contributed by atoms with Gasteiger partial charge in [0.05, 0.1) is 0 Å². The summed E-state index contributed by atoms with van der Waals surface area (Å²) in [5, 5.41) is 9.66. The molecule has 2 fully saturated rings. The average molecular weight is 350 g/mol. The summed E-state index contributed by atoms with van der Waals surface area (Å²) in [6, 6.07) is 9.47. The van der Waals surface area contributed by atoms with Crippen molar-refractivity contribution in [3.05, 3.63) is 35.9 Å². The van der Waals surface area contributed by atoms with E-state index in [0.29, 0.717) is 0 Å². The Bertz CT molecular complexity index is 558. The fraction of sp³-hybridized carbons (Fsp3) is 0.650. The van der Waals surface area contributed by atoms with Gasteiger partial charge < -0.3 is 0 Å². The van der Waals surface area contributed by atoms with Gasteiger partial charge in [-0.3, -0.25) is 0 Å². The quantitative estimate of drug-likeness (QED) is 0.649. The van der Waals surface area contributed by atoms with E-state index < -0.39 is 13.2 Å². The van der Waals surface area contributed by atoms with Gasteiger partial charge in [0.2, 0.25) is 0 Å². The number of aliphatic hydroxyl groups is 1. The summed E-state index contributed by atoms with van der Waals surface area (Å²) >= 11 is 0. The number of fused-ring (bicyclic) bond motifs is 2. The first-order chi connectivity index (χ1) is 11.5. The zero-order chi connectivity index (χ0) is 17.3. The van der Waals surface area contributed by atoms with Gasteiger partial charge >= 0.3 is 146 Å². The fourth-order valence-electron chi connectivity index (χ4n) is 5.12. The summed E-state index contributed by atoms with van der Waals surface area (Å²) in [5.74, 6) is -0.817. The molecule has 4 atom stereocenters. The van der Waals surface area contributed by atoms with E-state index in [1.165, 1.54) is 12.8 Å². The molecule has 0 radical (unpaired) electrons. The maximum absolute atomic E-state index is 12.6. The number of carbonyl (C=O) groups excluding carboxylic acids is 1. The van der Waals surface area contributed by atoms with Crippen LogP contribution in [0.25, 0.3) is 0 Å². The first-order valence-electron chi connectivity index (χ1n) is 9.33. The molecule has 134 valence electrons. The number of ether oxygens (including phenoxy) is 1. The van der Waals surface area contributed by atoms with Crippen LogP contribution >= 0.6 is 7.26 Å². The second-order valence-electron chi connectivity index (χ2n) is 8.17. The third kappa shape index (κ3) is 3.13. The molecule has 0 saturated carbocycles. The second-order valence-corrected chi connectivity index (χ2v) is 13.7. The van der Waals surface area contributed by atoms with Crippen molar-refractivity contribution in [3.8, 4) is 0 Å². The molecule has 24 heavy (non-hydrogen) atoms. The van der Waals surface area contributed by atoms with Crippen LogP contribution in [-0.2, 0) is 9.53 Å². The number of esters is 1. The van der Waals surface area contributed by atoms with Gasteiger partial charge in [0.1, 0.15) is 0 Å². The van der Waals surface area contributed by atoms with E-state index in [9.17, 15) is 9.90 Å². The van der Waals surface area contributed by atoms with Gasteiger partial charge in [-0.15, -0.1) is 0 Å². The predicted molar refractivity (Wildman–Crippen MR) is 102 cm³/mol. The van der Waals surface area contributed by atoms with Gasteiger partial charge in [-0.05, 0) is 0 Å². The molecule has 0 spiro atoms. The molecule has 4 heteroatoms.